The Kier molecular flexibility index (Phi) is 20.6. The van der Waals surface area contributed by atoms with Gasteiger partial charge in [-0.15, -0.1) is 0 Å². The largest absolute Gasteiger partial charge is 0.464 e. The van der Waals surface area contributed by atoms with Crippen molar-refractivity contribution in [1.29, 1.82) is 0 Å². The van der Waals surface area contributed by atoms with Gasteiger partial charge in [0.2, 0.25) is 0 Å². The first kappa shape index (κ1) is 45.3. The zero-order valence-electron chi connectivity index (χ0n) is 31.3. The summed E-state index contributed by atoms with van der Waals surface area (Å²) in [5.41, 5.74) is 2.56. The number of benzene rings is 2. The number of ether oxygens (including phenoxy) is 2. The molecule has 2 aromatic rings. The minimum absolute atomic E-state index is 0.00601. The molecule has 0 bridgehead atoms. The van der Waals surface area contributed by atoms with Crippen LogP contribution in [0, 0.1) is 11.8 Å². The van der Waals surface area contributed by atoms with E-state index in [0.29, 0.717) is 25.0 Å². The number of rotatable bonds is 17. The van der Waals surface area contributed by atoms with Crippen LogP contribution in [0.3, 0.4) is 0 Å². The van der Waals surface area contributed by atoms with Crippen molar-refractivity contribution in [3.8, 4) is 0 Å². The van der Waals surface area contributed by atoms with Gasteiger partial charge in [0.05, 0.1) is 23.3 Å². The van der Waals surface area contributed by atoms with Crippen LogP contribution in [0.15, 0.2) is 60.7 Å². The molecular weight excluding hydrogens is 709 g/mol. The Balaban J connectivity index is 0.000000289. The highest BCUT2D eigenvalue weighted by atomic mass is 32.2. The second-order valence-electron chi connectivity index (χ2n) is 13.1. The zero-order valence-corrected chi connectivity index (χ0v) is 32.9. The molecule has 4 rings (SSSR count). The first-order valence-electron chi connectivity index (χ1n) is 18.5. The molecule has 0 saturated heterocycles. The maximum absolute atomic E-state index is 12.3. The number of esters is 2. The Morgan fingerprint density at radius 3 is 1.21 bits per heavy atom. The molecule has 294 valence electrons. The summed E-state index contributed by atoms with van der Waals surface area (Å²) >= 11 is 0. The number of hydrogen-bond donors (Lipinski definition) is 2. The fourth-order valence-electron chi connectivity index (χ4n) is 6.74. The molecule has 0 amide bonds. The van der Waals surface area contributed by atoms with Gasteiger partial charge in [-0.2, -0.15) is 16.8 Å². The normalized spacial score (nSPS) is 20.1. The average molecular weight is 769 g/mol. The Morgan fingerprint density at radius 1 is 0.596 bits per heavy atom. The van der Waals surface area contributed by atoms with Crippen molar-refractivity contribution in [2.24, 2.45) is 11.8 Å². The van der Waals surface area contributed by atoms with E-state index in [2.05, 4.69) is 86.0 Å². The quantitative estimate of drug-likeness (QED) is 0.150. The van der Waals surface area contributed by atoms with Gasteiger partial charge in [-0.3, -0.25) is 18.7 Å². The van der Waals surface area contributed by atoms with Crippen molar-refractivity contribution in [1.82, 2.24) is 9.80 Å². The highest BCUT2D eigenvalue weighted by Gasteiger charge is 2.36. The number of carbonyl (C=O) groups excluding carboxylic acids is 2. The van der Waals surface area contributed by atoms with Crippen molar-refractivity contribution < 1.29 is 45.0 Å². The third-order valence-corrected chi connectivity index (χ3v) is 11.5. The molecule has 0 radical (unpaired) electrons. The smallest absolute Gasteiger partial charge is 0.309 e. The molecule has 0 aromatic heterocycles. The molecule has 0 aliphatic heterocycles. The monoisotopic (exact) mass is 768 g/mol. The number of hydrogen-bond acceptors (Lipinski definition) is 10. The molecule has 0 spiro atoms. The van der Waals surface area contributed by atoms with E-state index in [-0.39, 0.29) is 23.8 Å². The average Bonchev–Trinajstić information content (AvgIpc) is 3.83. The molecule has 2 fully saturated rings. The van der Waals surface area contributed by atoms with E-state index in [4.69, 9.17) is 18.6 Å². The molecule has 4 atom stereocenters. The van der Waals surface area contributed by atoms with E-state index in [9.17, 15) is 26.4 Å². The topological polar surface area (TPSA) is 168 Å². The molecule has 2 N–H and O–H groups in total. The molecule has 0 heterocycles. The van der Waals surface area contributed by atoms with Crippen molar-refractivity contribution >= 4 is 32.2 Å². The van der Waals surface area contributed by atoms with Gasteiger partial charge in [0.25, 0.3) is 20.2 Å². The molecule has 4 unspecified atom stereocenters. The van der Waals surface area contributed by atoms with E-state index in [1.54, 1.807) is 0 Å². The zero-order chi connectivity index (χ0) is 38.6. The van der Waals surface area contributed by atoms with E-state index in [1.165, 1.54) is 11.1 Å². The molecule has 52 heavy (non-hydrogen) atoms. The second kappa shape index (κ2) is 23.7. The van der Waals surface area contributed by atoms with Gasteiger partial charge < -0.3 is 19.3 Å². The van der Waals surface area contributed by atoms with Crippen LogP contribution < -0.4 is 0 Å². The lowest BCUT2D eigenvalue weighted by Gasteiger charge is -2.21. The summed E-state index contributed by atoms with van der Waals surface area (Å²) in [5, 5.41) is 0. The Hall–Kier alpha value is -2.88. The maximum Gasteiger partial charge on any atom is 0.309 e. The lowest BCUT2D eigenvalue weighted by Crippen LogP contribution is -2.29. The standard InChI is InChI=1S/2C18H27NO2.C2H6O6S2/c2*1-3-19(4-2)13-14-21-18(20)17-12-8-11-16(17)15-9-6-5-7-10-15;3-9(4,5)1-2-10(6,7)8/h2*5-7,9-10,16-17H,3-4,8,11-14H2,1-2H3;1-2H2,(H,3,4,5)(H,6,7,8). The molecule has 2 aliphatic carbocycles. The molecule has 2 aromatic carbocycles. The summed E-state index contributed by atoms with van der Waals surface area (Å²) in [5.74, 6) is -1.20. The van der Waals surface area contributed by atoms with Gasteiger partial charge >= 0.3 is 11.9 Å². The van der Waals surface area contributed by atoms with E-state index >= 15 is 0 Å². The summed E-state index contributed by atoms with van der Waals surface area (Å²) in [6.45, 7) is 15.2. The fourth-order valence-corrected chi connectivity index (χ4v) is 8.42. The Morgan fingerprint density at radius 2 is 0.923 bits per heavy atom. The van der Waals surface area contributed by atoms with Crippen molar-refractivity contribution in [2.75, 3.05) is 64.0 Å². The Bertz CT molecular complexity index is 1400. The van der Waals surface area contributed by atoms with Crippen LogP contribution in [-0.4, -0.2) is 112 Å². The van der Waals surface area contributed by atoms with Crippen LogP contribution in [0.1, 0.15) is 89.2 Å². The molecule has 2 saturated carbocycles. The molecule has 12 nitrogen and oxygen atoms in total. The van der Waals surface area contributed by atoms with Crippen LogP contribution >= 0.6 is 0 Å². The van der Waals surface area contributed by atoms with Crippen LogP contribution in [0.4, 0.5) is 0 Å². The SMILES string of the molecule is CCN(CC)CCOC(=O)C1CCCC1c1ccccc1.CCN(CC)CCOC(=O)C1CCCC1c1ccccc1.O=S(=O)(O)CCS(=O)(=O)O. The fraction of sp³-hybridized carbons (Fsp3) is 0.632. The van der Waals surface area contributed by atoms with Gasteiger partial charge in [0.1, 0.15) is 13.2 Å². The summed E-state index contributed by atoms with van der Waals surface area (Å²) in [7, 11) is -8.59. The molecule has 2 aliphatic rings. The van der Waals surface area contributed by atoms with Crippen LogP contribution in [0.2, 0.25) is 0 Å². The number of likely N-dealkylation sites (N-methyl/N-ethyl adjacent to an activating group) is 2. The lowest BCUT2D eigenvalue weighted by molar-refractivity contribution is -0.150. The predicted molar refractivity (Wildman–Crippen MR) is 203 cm³/mol. The lowest BCUT2D eigenvalue weighted by atomic mass is 9.89. The second-order valence-corrected chi connectivity index (χ2v) is 16.2. The van der Waals surface area contributed by atoms with E-state index < -0.39 is 31.7 Å². The van der Waals surface area contributed by atoms with Crippen LogP contribution in [-0.2, 0) is 39.3 Å². The number of nitrogens with zero attached hydrogens (tertiary/aromatic N) is 2. The van der Waals surface area contributed by atoms with Gasteiger partial charge in [0.15, 0.2) is 0 Å². The van der Waals surface area contributed by atoms with Gasteiger partial charge in [-0.25, -0.2) is 0 Å². The predicted octanol–water partition coefficient (Wildman–Crippen LogP) is 5.67. The van der Waals surface area contributed by atoms with Gasteiger partial charge in [-0.1, -0.05) is 101 Å². The highest BCUT2D eigenvalue weighted by Crippen LogP contribution is 2.41. The van der Waals surface area contributed by atoms with Gasteiger partial charge in [0, 0.05) is 13.1 Å². The third kappa shape index (κ3) is 17.3. The summed E-state index contributed by atoms with van der Waals surface area (Å²) in [6, 6.07) is 20.8. The van der Waals surface area contributed by atoms with E-state index in [0.717, 1.165) is 77.8 Å². The van der Waals surface area contributed by atoms with Crippen molar-refractivity contribution in [2.45, 2.75) is 78.1 Å². The Labute approximate surface area is 311 Å². The molecular formula is C38H60N2O10S2. The first-order chi connectivity index (χ1) is 24.7. The third-order valence-electron chi connectivity index (χ3n) is 9.78. The van der Waals surface area contributed by atoms with Crippen molar-refractivity contribution in [3.63, 3.8) is 0 Å². The van der Waals surface area contributed by atoms with E-state index in [1.807, 2.05) is 12.1 Å². The highest BCUT2D eigenvalue weighted by molar-refractivity contribution is 7.89. The number of carbonyl (C=O) groups is 2. The summed E-state index contributed by atoms with van der Waals surface area (Å²) in [6.07, 6.45) is 6.36. The van der Waals surface area contributed by atoms with Crippen LogP contribution in [0.25, 0.3) is 0 Å². The van der Waals surface area contributed by atoms with Crippen molar-refractivity contribution in [3.05, 3.63) is 71.8 Å². The summed E-state index contributed by atoms with van der Waals surface area (Å²) in [4.78, 5) is 29.2. The van der Waals surface area contributed by atoms with Gasteiger partial charge in [-0.05, 0) is 74.8 Å². The molecule has 14 heteroatoms. The minimum atomic E-state index is -4.30. The minimum Gasteiger partial charge on any atom is -0.464 e. The first-order valence-corrected chi connectivity index (χ1v) is 21.7. The van der Waals surface area contributed by atoms with Crippen LogP contribution in [0.5, 0.6) is 0 Å². The summed E-state index contributed by atoms with van der Waals surface area (Å²) < 4.78 is 66.4. The maximum atomic E-state index is 12.3.